The molecule has 0 fully saturated rings. The van der Waals surface area contributed by atoms with Crippen LogP contribution in [0.3, 0.4) is 0 Å². The van der Waals surface area contributed by atoms with Gasteiger partial charge in [0.25, 0.3) is 0 Å². The van der Waals surface area contributed by atoms with Crippen molar-refractivity contribution in [3.05, 3.63) is 29.3 Å². The third-order valence-electron chi connectivity index (χ3n) is 1.52. The van der Waals surface area contributed by atoms with Gasteiger partial charge in [0.15, 0.2) is 11.6 Å². The molecule has 0 aromatic heterocycles. The molecular weight excluding hydrogens is 202 g/mol. The van der Waals surface area contributed by atoms with Crippen LogP contribution in [-0.2, 0) is 6.54 Å². The molecule has 0 unspecified atom stereocenters. The standard InChI is InChI=1S/C8H7F4NO/c9-5-1-4(3-13)7(10)6(2-5)14-8(11)12/h1-2,8H,3,13H2. The lowest BCUT2D eigenvalue weighted by Crippen LogP contribution is -2.07. The van der Waals surface area contributed by atoms with Crippen LogP contribution >= 0.6 is 0 Å². The molecule has 0 amide bonds. The maximum absolute atomic E-state index is 13.1. The minimum Gasteiger partial charge on any atom is -0.432 e. The maximum Gasteiger partial charge on any atom is 0.387 e. The molecule has 78 valence electrons. The molecule has 0 aliphatic carbocycles. The third kappa shape index (κ3) is 2.35. The van der Waals surface area contributed by atoms with Gasteiger partial charge in [-0.05, 0) is 6.07 Å². The van der Waals surface area contributed by atoms with Gasteiger partial charge in [-0.25, -0.2) is 8.78 Å². The average Bonchev–Trinajstić information content (AvgIpc) is 2.09. The highest BCUT2D eigenvalue weighted by Crippen LogP contribution is 2.23. The van der Waals surface area contributed by atoms with Gasteiger partial charge in [-0.3, -0.25) is 0 Å². The van der Waals surface area contributed by atoms with Crippen LogP contribution in [-0.4, -0.2) is 6.61 Å². The van der Waals surface area contributed by atoms with E-state index in [1.807, 2.05) is 0 Å². The molecule has 0 bridgehead atoms. The number of ether oxygens (including phenoxy) is 1. The molecule has 0 saturated heterocycles. The molecule has 1 aromatic carbocycles. The molecule has 0 saturated carbocycles. The predicted molar refractivity (Wildman–Crippen MR) is 40.9 cm³/mol. The lowest BCUT2D eigenvalue weighted by molar-refractivity contribution is -0.0524. The summed E-state index contributed by atoms with van der Waals surface area (Å²) in [4.78, 5) is 0. The first-order valence-corrected chi connectivity index (χ1v) is 3.67. The fourth-order valence-corrected chi connectivity index (χ4v) is 0.949. The minimum absolute atomic E-state index is 0.208. The Morgan fingerprint density at radius 3 is 2.43 bits per heavy atom. The summed E-state index contributed by atoms with van der Waals surface area (Å²) in [5, 5.41) is 0. The van der Waals surface area contributed by atoms with E-state index in [0.717, 1.165) is 6.07 Å². The van der Waals surface area contributed by atoms with E-state index in [0.29, 0.717) is 6.07 Å². The second-order valence-corrected chi connectivity index (χ2v) is 2.46. The Hall–Kier alpha value is -1.30. The summed E-state index contributed by atoms with van der Waals surface area (Å²) in [7, 11) is 0. The monoisotopic (exact) mass is 209 g/mol. The first-order valence-electron chi connectivity index (χ1n) is 3.67. The molecule has 6 heteroatoms. The number of nitrogens with two attached hydrogens (primary N) is 1. The van der Waals surface area contributed by atoms with E-state index in [4.69, 9.17) is 5.73 Å². The molecule has 1 rings (SSSR count). The number of rotatable bonds is 3. The molecular formula is C8H7F4NO. The zero-order valence-electron chi connectivity index (χ0n) is 6.94. The first-order chi connectivity index (χ1) is 6.54. The average molecular weight is 209 g/mol. The molecule has 0 atom stereocenters. The number of hydrogen-bond acceptors (Lipinski definition) is 2. The van der Waals surface area contributed by atoms with E-state index in [2.05, 4.69) is 4.74 Å². The highest BCUT2D eigenvalue weighted by molar-refractivity contribution is 5.32. The van der Waals surface area contributed by atoms with Crippen LogP contribution in [0.15, 0.2) is 12.1 Å². The van der Waals surface area contributed by atoms with E-state index in [1.54, 1.807) is 0 Å². The van der Waals surface area contributed by atoms with Gasteiger partial charge in [-0.2, -0.15) is 8.78 Å². The van der Waals surface area contributed by atoms with Gasteiger partial charge in [0.1, 0.15) is 5.82 Å². The number of benzene rings is 1. The van der Waals surface area contributed by atoms with Crippen LogP contribution in [0.5, 0.6) is 5.75 Å². The molecule has 2 N–H and O–H groups in total. The molecule has 2 nitrogen and oxygen atoms in total. The van der Waals surface area contributed by atoms with E-state index in [-0.39, 0.29) is 12.1 Å². The molecule has 0 radical (unpaired) electrons. The van der Waals surface area contributed by atoms with Gasteiger partial charge in [-0.1, -0.05) is 0 Å². The molecule has 0 aliphatic heterocycles. The Morgan fingerprint density at radius 1 is 1.29 bits per heavy atom. The quantitative estimate of drug-likeness (QED) is 0.773. The Kier molecular flexibility index (Phi) is 3.29. The Balaban J connectivity index is 3.08. The fraction of sp³-hybridized carbons (Fsp3) is 0.250. The summed E-state index contributed by atoms with van der Waals surface area (Å²) in [6.45, 7) is -3.49. The normalized spacial score (nSPS) is 10.7. The number of alkyl halides is 2. The highest BCUT2D eigenvalue weighted by atomic mass is 19.3. The lowest BCUT2D eigenvalue weighted by atomic mass is 10.2. The Bertz CT molecular complexity index is 329. The van der Waals surface area contributed by atoms with Crippen molar-refractivity contribution in [3.8, 4) is 5.75 Å². The van der Waals surface area contributed by atoms with Gasteiger partial charge in [0, 0.05) is 18.2 Å². The highest BCUT2D eigenvalue weighted by Gasteiger charge is 2.14. The first kappa shape index (κ1) is 10.8. The second kappa shape index (κ2) is 4.28. The van der Waals surface area contributed by atoms with Gasteiger partial charge in [-0.15, -0.1) is 0 Å². The van der Waals surface area contributed by atoms with Crippen LogP contribution in [0, 0.1) is 11.6 Å². The largest absolute Gasteiger partial charge is 0.432 e. The van der Waals surface area contributed by atoms with E-state index >= 15 is 0 Å². The lowest BCUT2D eigenvalue weighted by Gasteiger charge is -2.08. The molecule has 1 aromatic rings. The van der Waals surface area contributed by atoms with Crippen molar-refractivity contribution in [3.63, 3.8) is 0 Å². The van der Waals surface area contributed by atoms with Gasteiger partial charge in [0.2, 0.25) is 0 Å². The van der Waals surface area contributed by atoms with E-state index in [1.165, 1.54) is 0 Å². The smallest absolute Gasteiger partial charge is 0.387 e. The van der Waals surface area contributed by atoms with Crippen LogP contribution in [0.1, 0.15) is 5.56 Å². The topological polar surface area (TPSA) is 35.2 Å². The summed E-state index contributed by atoms with van der Waals surface area (Å²) < 4.78 is 53.0. The van der Waals surface area contributed by atoms with Gasteiger partial charge >= 0.3 is 6.61 Å². The van der Waals surface area contributed by atoms with Gasteiger partial charge < -0.3 is 10.5 Å². The Labute approximate surface area is 77.3 Å². The zero-order valence-corrected chi connectivity index (χ0v) is 6.94. The number of hydrogen-bond donors (Lipinski definition) is 1. The summed E-state index contributed by atoms with van der Waals surface area (Å²) in [6, 6.07) is 1.37. The van der Waals surface area contributed by atoms with E-state index in [9.17, 15) is 17.6 Å². The third-order valence-corrected chi connectivity index (χ3v) is 1.52. The summed E-state index contributed by atoms with van der Waals surface area (Å²) >= 11 is 0. The minimum atomic E-state index is -3.20. The van der Waals surface area contributed by atoms with Crippen molar-refractivity contribution in [2.75, 3.05) is 0 Å². The van der Waals surface area contributed by atoms with Crippen molar-refractivity contribution in [2.45, 2.75) is 13.2 Å². The van der Waals surface area contributed by atoms with Crippen LogP contribution < -0.4 is 10.5 Å². The van der Waals surface area contributed by atoms with Crippen molar-refractivity contribution >= 4 is 0 Å². The predicted octanol–water partition coefficient (Wildman–Crippen LogP) is 2.02. The summed E-state index contributed by atoms with van der Waals surface area (Å²) in [5.41, 5.74) is 4.86. The molecule has 0 aliphatic rings. The SMILES string of the molecule is NCc1cc(F)cc(OC(F)F)c1F. The second-order valence-electron chi connectivity index (χ2n) is 2.46. The zero-order chi connectivity index (χ0) is 10.7. The fourth-order valence-electron chi connectivity index (χ4n) is 0.949. The van der Waals surface area contributed by atoms with Gasteiger partial charge in [0.05, 0.1) is 0 Å². The van der Waals surface area contributed by atoms with Crippen LogP contribution in [0.25, 0.3) is 0 Å². The summed E-state index contributed by atoms with van der Waals surface area (Å²) in [5.74, 6) is -2.77. The van der Waals surface area contributed by atoms with Crippen molar-refractivity contribution < 1.29 is 22.3 Å². The van der Waals surface area contributed by atoms with Crippen molar-refractivity contribution in [1.82, 2.24) is 0 Å². The molecule has 14 heavy (non-hydrogen) atoms. The maximum atomic E-state index is 13.1. The van der Waals surface area contributed by atoms with Crippen LogP contribution in [0.2, 0.25) is 0 Å². The molecule has 0 spiro atoms. The Morgan fingerprint density at radius 2 is 1.93 bits per heavy atom. The van der Waals surface area contributed by atoms with Crippen molar-refractivity contribution in [2.24, 2.45) is 5.73 Å². The van der Waals surface area contributed by atoms with Crippen LogP contribution in [0.4, 0.5) is 17.6 Å². The number of halogens is 4. The van der Waals surface area contributed by atoms with E-state index < -0.39 is 24.0 Å². The van der Waals surface area contributed by atoms with Crippen molar-refractivity contribution in [1.29, 1.82) is 0 Å². The summed E-state index contributed by atoms with van der Waals surface area (Å²) in [6.07, 6.45) is 0. The molecule has 0 heterocycles.